The van der Waals surface area contributed by atoms with Gasteiger partial charge in [0, 0.05) is 35.5 Å². The smallest absolute Gasteiger partial charge is 0.308 e. The second-order valence-electron chi connectivity index (χ2n) is 10.5. The van der Waals surface area contributed by atoms with Crippen LogP contribution in [0.5, 0.6) is 17.2 Å². The van der Waals surface area contributed by atoms with E-state index in [2.05, 4.69) is 5.32 Å². The van der Waals surface area contributed by atoms with Gasteiger partial charge >= 0.3 is 5.97 Å². The number of carbonyl (C=O) groups excluding carboxylic acids is 2. The van der Waals surface area contributed by atoms with Gasteiger partial charge in [-0.2, -0.15) is 5.10 Å². The molecule has 10 nitrogen and oxygen atoms in total. The molecule has 0 radical (unpaired) electrons. The fraction of sp³-hybridized carbons (Fsp3) is 0.394. The van der Waals surface area contributed by atoms with Crippen LogP contribution >= 0.6 is 0 Å². The minimum absolute atomic E-state index is 0.0282. The zero-order chi connectivity index (χ0) is 31.1. The van der Waals surface area contributed by atoms with Crippen molar-refractivity contribution < 1.29 is 28.5 Å². The Labute approximate surface area is 252 Å². The van der Waals surface area contributed by atoms with E-state index in [0.717, 1.165) is 39.5 Å². The maximum atomic E-state index is 13.2. The molecule has 0 unspecified atom stereocenters. The van der Waals surface area contributed by atoms with E-state index in [4.69, 9.17) is 29.0 Å². The lowest BCUT2D eigenvalue weighted by Crippen LogP contribution is -2.31. The number of methoxy groups -OCH3 is 2. The number of nitrogens with one attached hydrogen (secondary N) is 1. The van der Waals surface area contributed by atoms with Gasteiger partial charge < -0.3 is 24.3 Å². The quantitative estimate of drug-likeness (QED) is 0.202. The normalized spacial score (nSPS) is 11.8. The van der Waals surface area contributed by atoms with Crippen LogP contribution in [0.1, 0.15) is 62.2 Å². The Morgan fingerprint density at radius 1 is 0.977 bits per heavy atom. The summed E-state index contributed by atoms with van der Waals surface area (Å²) in [6.07, 6.45) is 0.741. The first-order chi connectivity index (χ1) is 20.6. The van der Waals surface area contributed by atoms with Crippen molar-refractivity contribution in [3.8, 4) is 28.5 Å². The van der Waals surface area contributed by atoms with Gasteiger partial charge in [-0.1, -0.05) is 12.1 Å². The predicted molar refractivity (Wildman–Crippen MR) is 164 cm³/mol. The van der Waals surface area contributed by atoms with Gasteiger partial charge in [0.25, 0.3) is 0 Å². The molecule has 43 heavy (non-hydrogen) atoms. The van der Waals surface area contributed by atoms with Gasteiger partial charge in [-0.25, -0.2) is 9.50 Å². The van der Waals surface area contributed by atoms with Crippen molar-refractivity contribution in [2.45, 2.75) is 66.0 Å². The Bertz CT molecular complexity index is 1580. The molecule has 2 aromatic heterocycles. The van der Waals surface area contributed by atoms with E-state index in [1.807, 2.05) is 76.2 Å². The molecule has 4 rings (SSSR count). The van der Waals surface area contributed by atoms with E-state index in [0.29, 0.717) is 23.6 Å². The van der Waals surface area contributed by atoms with Crippen LogP contribution in [0.15, 0.2) is 48.5 Å². The summed E-state index contributed by atoms with van der Waals surface area (Å²) in [5, 5.41) is 7.84. The molecular weight excluding hydrogens is 548 g/mol. The number of amides is 1. The monoisotopic (exact) mass is 588 g/mol. The Morgan fingerprint density at radius 2 is 1.70 bits per heavy atom. The lowest BCUT2D eigenvalue weighted by Gasteiger charge is -2.20. The van der Waals surface area contributed by atoms with Gasteiger partial charge in [0.05, 0.1) is 45.1 Å². The number of ether oxygens (including phenoxy) is 4. The molecule has 1 atom stereocenters. The first-order valence-electron chi connectivity index (χ1n) is 14.4. The van der Waals surface area contributed by atoms with E-state index in [-0.39, 0.29) is 37.4 Å². The van der Waals surface area contributed by atoms with Gasteiger partial charge in [0.15, 0.2) is 5.65 Å². The summed E-state index contributed by atoms with van der Waals surface area (Å²) in [6.45, 7) is 9.85. The molecule has 0 aliphatic heterocycles. The fourth-order valence-electron chi connectivity index (χ4n) is 5.02. The summed E-state index contributed by atoms with van der Waals surface area (Å²) in [7, 11) is 3.22. The van der Waals surface area contributed by atoms with Crippen LogP contribution in [0, 0.1) is 13.8 Å². The minimum Gasteiger partial charge on any atom is -0.497 e. The van der Waals surface area contributed by atoms with Gasteiger partial charge in [0.2, 0.25) is 5.91 Å². The highest BCUT2D eigenvalue weighted by Crippen LogP contribution is 2.33. The van der Waals surface area contributed by atoms with Crippen molar-refractivity contribution in [2.24, 2.45) is 0 Å². The van der Waals surface area contributed by atoms with Crippen molar-refractivity contribution in [1.82, 2.24) is 19.9 Å². The molecular formula is C33H40N4O6. The van der Waals surface area contributed by atoms with Crippen molar-refractivity contribution in [3.05, 3.63) is 71.0 Å². The average Bonchev–Trinajstić information content (AvgIpc) is 3.40. The van der Waals surface area contributed by atoms with E-state index in [1.165, 1.54) is 0 Å². The molecule has 4 aromatic rings. The number of aromatic nitrogens is 3. The molecule has 2 heterocycles. The van der Waals surface area contributed by atoms with Gasteiger partial charge in [-0.3, -0.25) is 9.59 Å². The number of carbonyl (C=O) groups is 2. The summed E-state index contributed by atoms with van der Waals surface area (Å²) in [5.41, 5.74) is 5.71. The summed E-state index contributed by atoms with van der Waals surface area (Å²) in [6, 6.07) is 14.4. The van der Waals surface area contributed by atoms with Crippen LogP contribution in [0.4, 0.5) is 0 Å². The SMILES string of the molecule is CCOC(=O)C[C@@H](NC(=O)CCc1c(C)nc2cc(-c3ccc(OC)cc3OC)nn2c1C)c1ccc(OC(C)C)cc1. The predicted octanol–water partition coefficient (Wildman–Crippen LogP) is 5.56. The summed E-state index contributed by atoms with van der Waals surface area (Å²) < 4.78 is 23.6. The molecule has 0 aliphatic carbocycles. The van der Waals surface area contributed by atoms with Gasteiger partial charge in [-0.05, 0) is 76.4 Å². The van der Waals surface area contributed by atoms with E-state index >= 15 is 0 Å². The number of hydrogen-bond donors (Lipinski definition) is 1. The van der Waals surface area contributed by atoms with Crippen LogP contribution in [0.25, 0.3) is 16.9 Å². The van der Waals surface area contributed by atoms with Crippen molar-refractivity contribution >= 4 is 17.5 Å². The first-order valence-corrected chi connectivity index (χ1v) is 14.4. The third kappa shape index (κ3) is 7.63. The molecule has 10 heteroatoms. The fourth-order valence-corrected chi connectivity index (χ4v) is 5.02. The summed E-state index contributed by atoms with van der Waals surface area (Å²) >= 11 is 0. The molecule has 0 bridgehead atoms. The number of nitrogens with zero attached hydrogens (tertiary/aromatic N) is 3. The molecule has 0 fully saturated rings. The van der Waals surface area contributed by atoms with Crippen LogP contribution in [-0.2, 0) is 20.7 Å². The second kappa shape index (κ2) is 14.0. The highest BCUT2D eigenvalue weighted by atomic mass is 16.5. The highest BCUT2D eigenvalue weighted by Gasteiger charge is 2.21. The standard InChI is InChI=1S/C33H40N4O6/c1-8-42-33(39)19-28(23-9-11-24(12-10-23)43-20(2)3)35-32(38)16-15-26-21(4)34-31-18-29(36-37(31)22(26)5)27-14-13-25(40-6)17-30(27)41-7/h9-14,17-18,20,28H,8,15-16,19H2,1-7H3,(H,35,38)/t28-/m1/s1. The topological polar surface area (TPSA) is 113 Å². The molecule has 0 aliphatic rings. The van der Waals surface area contributed by atoms with Gasteiger partial charge in [-0.15, -0.1) is 0 Å². The van der Waals surface area contributed by atoms with Crippen LogP contribution in [-0.4, -0.2) is 53.4 Å². The Morgan fingerprint density at radius 3 is 2.35 bits per heavy atom. The average molecular weight is 589 g/mol. The van der Waals surface area contributed by atoms with Crippen molar-refractivity contribution in [1.29, 1.82) is 0 Å². The molecule has 0 saturated carbocycles. The number of fused-ring (bicyclic) bond motifs is 1. The maximum absolute atomic E-state index is 13.2. The molecule has 0 spiro atoms. The van der Waals surface area contributed by atoms with Gasteiger partial charge in [0.1, 0.15) is 17.2 Å². The number of aryl methyl sites for hydroxylation is 2. The number of esters is 1. The third-order valence-corrected chi connectivity index (χ3v) is 7.12. The maximum Gasteiger partial charge on any atom is 0.308 e. The van der Waals surface area contributed by atoms with Crippen LogP contribution < -0.4 is 19.5 Å². The Hall–Kier alpha value is -4.60. The molecule has 1 N–H and O–H groups in total. The number of rotatable bonds is 13. The first kappa shape index (κ1) is 31.3. The Kier molecular flexibility index (Phi) is 10.2. The highest BCUT2D eigenvalue weighted by molar-refractivity contribution is 5.78. The van der Waals surface area contributed by atoms with Crippen molar-refractivity contribution in [2.75, 3.05) is 20.8 Å². The lowest BCUT2D eigenvalue weighted by atomic mass is 10.0. The third-order valence-electron chi connectivity index (χ3n) is 7.12. The van der Waals surface area contributed by atoms with Crippen LogP contribution in [0.3, 0.4) is 0 Å². The van der Waals surface area contributed by atoms with E-state index in [9.17, 15) is 9.59 Å². The molecule has 228 valence electrons. The summed E-state index contributed by atoms with van der Waals surface area (Å²) in [5.74, 6) is 1.51. The zero-order valence-electron chi connectivity index (χ0n) is 25.9. The number of hydrogen-bond acceptors (Lipinski definition) is 8. The summed E-state index contributed by atoms with van der Waals surface area (Å²) in [4.78, 5) is 30.3. The minimum atomic E-state index is -0.532. The molecule has 0 saturated heterocycles. The second-order valence-corrected chi connectivity index (χ2v) is 10.5. The van der Waals surface area contributed by atoms with E-state index in [1.54, 1.807) is 25.7 Å². The Balaban J connectivity index is 1.52. The van der Waals surface area contributed by atoms with Crippen molar-refractivity contribution in [3.63, 3.8) is 0 Å². The zero-order valence-corrected chi connectivity index (χ0v) is 25.9. The largest absolute Gasteiger partial charge is 0.497 e. The lowest BCUT2D eigenvalue weighted by molar-refractivity contribution is -0.143. The van der Waals surface area contributed by atoms with Crippen LogP contribution in [0.2, 0.25) is 0 Å². The number of benzene rings is 2. The van der Waals surface area contributed by atoms with E-state index < -0.39 is 6.04 Å². The molecule has 2 aromatic carbocycles. The molecule has 1 amide bonds.